The van der Waals surface area contributed by atoms with E-state index in [4.69, 9.17) is 9.97 Å². The van der Waals surface area contributed by atoms with E-state index < -0.39 is 11.8 Å². The van der Waals surface area contributed by atoms with Crippen molar-refractivity contribution in [2.45, 2.75) is 38.6 Å². The van der Waals surface area contributed by atoms with Crippen LogP contribution in [0.3, 0.4) is 0 Å². The molecule has 3 fully saturated rings. The van der Waals surface area contributed by atoms with Crippen LogP contribution in [0.25, 0.3) is 33.5 Å². The molecule has 3 N–H and O–H groups in total. The summed E-state index contributed by atoms with van der Waals surface area (Å²) in [5.41, 5.74) is 2.67. The number of nitrogens with one attached hydrogen (secondary N) is 1. The summed E-state index contributed by atoms with van der Waals surface area (Å²) >= 11 is 0. The van der Waals surface area contributed by atoms with E-state index in [0.717, 1.165) is 43.0 Å². The molecule has 7 rings (SSSR count). The molecule has 8 nitrogen and oxygen atoms in total. The molecular weight excluding hydrogens is 437 g/mol. The number of aliphatic hydroxyl groups is 1. The molecule has 2 unspecified atom stereocenters. The van der Waals surface area contributed by atoms with Crippen LogP contribution >= 0.6 is 0 Å². The molecule has 2 atom stereocenters. The van der Waals surface area contributed by atoms with Crippen molar-refractivity contribution >= 4 is 28.0 Å². The van der Waals surface area contributed by atoms with Crippen LogP contribution < -0.4 is 0 Å². The third-order valence-electron chi connectivity index (χ3n) is 7.88. The fourth-order valence-corrected chi connectivity index (χ4v) is 6.33. The lowest BCUT2D eigenvalue weighted by Crippen LogP contribution is -2.45. The first-order valence-corrected chi connectivity index (χ1v) is 11.9. The fourth-order valence-electron chi connectivity index (χ4n) is 6.33. The molecule has 9 heteroatoms. The molecule has 2 bridgehead atoms. The van der Waals surface area contributed by atoms with Crippen LogP contribution in [0.15, 0.2) is 30.7 Å². The lowest BCUT2D eigenvalue weighted by atomic mass is 9.57. The Morgan fingerprint density at radius 1 is 1.18 bits per heavy atom. The maximum absolute atomic E-state index is 14.0. The lowest BCUT2D eigenvalue weighted by molar-refractivity contribution is -0.152. The molecule has 3 aliphatic rings. The summed E-state index contributed by atoms with van der Waals surface area (Å²) in [6, 6.07) is 3.35. The van der Waals surface area contributed by atoms with Crippen molar-refractivity contribution in [2.75, 3.05) is 6.61 Å². The van der Waals surface area contributed by atoms with Gasteiger partial charge in [-0.15, -0.1) is 0 Å². The Morgan fingerprint density at radius 2 is 1.97 bits per heavy atom. The van der Waals surface area contributed by atoms with E-state index in [1.165, 1.54) is 6.07 Å². The molecule has 34 heavy (non-hydrogen) atoms. The van der Waals surface area contributed by atoms with E-state index in [9.17, 15) is 19.4 Å². The molecule has 176 valence electrons. The van der Waals surface area contributed by atoms with Gasteiger partial charge in [-0.05, 0) is 62.0 Å². The van der Waals surface area contributed by atoms with Crippen LogP contribution in [0.4, 0.5) is 4.39 Å². The number of hydrogen-bond acceptors (Lipinski definition) is 5. The quantitative estimate of drug-likeness (QED) is 0.401. The van der Waals surface area contributed by atoms with Crippen molar-refractivity contribution in [3.63, 3.8) is 0 Å². The highest BCUT2D eigenvalue weighted by atomic mass is 19.1. The number of aromatic amines is 1. The van der Waals surface area contributed by atoms with E-state index in [2.05, 4.69) is 9.97 Å². The van der Waals surface area contributed by atoms with Crippen LogP contribution in [0.5, 0.6) is 0 Å². The average molecular weight is 464 g/mol. The number of aliphatic hydroxyl groups excluding tert-OH is 1. The van der Waals surface area contributed by atoms with E-state index >= 15 is 0 Å². The van der Waals surface area contributed by atoms with Crippen LogP contribution in [-0.2, 0) is 17.8 Å². The number of H-pyrrole nitrogens is 1. The largest absolute Gasteiger partial charge is 0.481 e. The van der Waals surface area contributed by atoms with Gasteiger partial charge in [0.1, 0.15) is 17.1 Å². The van der Waals surface area contributed by atoms with E-state index in [1.54, 1.807) is 6.20 Å². The van der Waals surface area contributed by atoms with Crippen molar-refractivity contribution < 1.29 is 19.4 Å². The molecule has 0 amide bonds. The van der Waals surface area contributed by atoms with Gasteiger partial charge in [0.25, 0.3) is 0 Å². The summed E-state index contributed by atoms with van der Waals surface area (Å²) in [4.78, 5) is 29.1. The topological polar surface area (TPSA) is 117 Å². The summed E-state index contributed by atoms with van der Waals surface area (Å²) in [6.45, 7) is 0.351. The molecule has 0 aromatic carbocycles. The van der Waals surface area contributed by atoms with Gasteiger partial charge in [0, 0.05) is 35.3 Å². The zero-order chi connectivity index (χ0) is 23.4. The third kappa shape index (κ3) is 3.37. The average Bonchev–Trinajstić information content (AvgIpc) is 3.44. The Morgan fingerprint density at radius 3 is 2.74 bits per heavy atom. The summed E-state index contributed by atoms with van der Waals surface area (Å²) in [5, 5.41) is 21.0. The molecule has 4 aromatic rings. The molecule has 0 radical (unpaired) electrons. The summed E-state index contributed by atoms with van der Waals surface area (Å²) in [6.07, 6.45) is 9.44. The van der Waals surface area contributed by atoms with Crippen molar-refractivity contribution in [3.05, 3.63) is 42.2 Å². The van der Waals surface area contributed by atoms with Gasteiger partial charge in [0.05, 0.1) is 24.4 Å². The zero-order valence-corrected chi connectivity index (χ0v) is 18.6. The number of carboxylic acid groups (broad SMARTS) is 1. The second-order valence-corrected chi connectivity index (χ2v) is 9.62. The highest BCUT2D eigenvalue weighted by molar-refractivity contribution is 5.93. The van der Waals surface area contributed by atoms with Gasteiger partial charge < -0.3 is 19.8 Å². The Bertz CT molecular complexity index is 1390. The van der Waals surface area contributed by atoms with Gasteiger partial charge in [-0.3, -0.25) is 4.79 Å². The summed E-state index contributed by atoms with van der Waals surface area (Å²) in [5.74, 6) is -0.434. The minimum Gasteiger partial charge on any atom is -0.481 e. The van der Waals surface area contributed by atoms with Gasteiger partial charge in [0.15, 0.2) is 5.82 Å². The number of fused-ring (bicyclic) bond motifs is 5. The Hall–Kier alpha value is -3.33. The second kappa shape index (κ2) is 8.16. The Labute approximate surface area is 194 Å². The van der Waals surface area contributed by atoms with E-state index in [0.29, 0.717) is 47.0 Å². The first-order chi connectivity index (χ1) is 16.5. The maximum Gasteiger partial charge on any atom is 0.307 e. The van der Waals surface area contributed by atoms with Crippen molar-refractivity contribution in [3.8, 4) is 11.4 Å². The van der Waals surface area contributed by atoms with Crippen LogP contribution in [0.2, 0.25) is 0 Å². The smallest absolute Gasteiger partial charge is 0.307 e. The number of hydrogen-bond donors (Lipinski definition) is 3. The van der Waals surface area contributed by atoms with Crippen LogP contribution in [-0.4, -0.2) is 47.3 Å². The van der Waals surface area contributed by atoms with Crippen molar-refractivity contribution in [1.82, 2.24) is 24.5 Å². The predicted molar refractivity (Wildman–Crippen MR) is 123 cm³/mol. The molecule has 0 spiro atoms. The van der Waals surface area contributed by atoms with Gasteiger partial charge in [0.2, 0.25) is 0 Å². The van der Waals surface area contributed by atoms with Crippen LogP contribution in [0, 0.1) is 29.5 Å². The Balaban J connectivity index is 1.49. The van der Waals surface area contributed by atoms with Crippen LogP contribution in [0.1, 0.15) is 31.4 Å². The van der Waals surface area contributed by atoms with Gasteiger partial charge in [-0.1, -0.05) is 0 Å². The fraction of sp³-hybridized carbons (Fsp3) is 0.440. The molecular formula is C25H26FN5O3. The van der Waals surface area contributed by atoms with Gasteiger partial charge in [-0.25, -0.2) is 19.3 Å². The van der Waals surface area contributed by atoms with E-state index in [1.807, 2.05) is 16.8 Å². The molecule has 3 saturated carbocycles. The molecule has 4 heterocycles. The van der Waals surface area contributed by atoms with Gasteiger partial charge in [-0.2, -0.15) is 0 Å². The third-order valence-corrected chi connectivity index (χ3v) is 7.88. The summed E-state index contributed by atoms with van der Waals surface area (Å²) < 4.78 is 15.8. The first-order valence-electron chi connectivity index (χ1n) is 11.9. The molecule has 3 aliphatic carbocycles. The van der Waals surface area contributed by atoms with Gasteiger partial charge >= 0.3 is 5.97 Å². The molecule has 0 saturated heterocycles. The predicted octanol–water partition coefficient (Wildman–Crippen LogP) is 3.79. The Kier molecular flexibility index (Phi) is 5.09. The first kappa shape index (κ1) is 21.2. The number of nitrogens with zero attached hydrogens (tertiary/aromatic N) is 4. The minimum atomic E-state index is -0.707. The highest BCUT2D eigenvalue weighted by Crippen LogP contribution is 2.50. The summed E-state index contributed by atoms with van der Waals surface area (Å²) in [7, 11) is 0. The van der Waals surface area contributed by atoms with Crippen molar-refractivity contribution in [1.29, 1.82) is 0 Å². The maximum atomic E-state index is 14.0. The zero-order valence-electron chi connectivity index (χ0n) is 18.6. The number of halogens is 1. The number of carbonyl (C=O) groups is 1. The molecule has 4 aromatic heterocycles. The SMILES string of the molecule is O=C(O)C1C2CCC(CC2)C1Cc1nc(-c2c[nH]c3ncc(F)cc23)nc2c1ccn2CCO. The number of rotatable bonds is 6. The lowest BCUT2D eigenvalue weighted by Gasteiger charge is -2.46. The number of pyridine rings is 1. The number of carboxylic acids is 1. The molecule has 0 aliphatic heterocycles. The van der Waals surface area contributed by atoms with E-state index in [-0.39, 0.29) is 24.4 Å². The minimum absolute atomic E-state index is 0.0271. The monoisotopic (exact) mass is 463 g/mol. The number of aromatic nitrogens is 5. The standard InChI is InChI=1S/C25H26FN5O3/c26-15-9-18-19(12-28-22(18)27-11-15)23-29-20(16-5-6-31(7-8-32)24(16)30-23)10-17-13-1-3-14(4-2-13)21(17)25(33)34/h5-6,9,11-14,17,21,32H,1-4,7-8,10H2,(H,27,28)(H,33,34). The second-order valence-electron chi connectivity index (χ2n) is 9.62. The highest BCUT2D eigenvalue weighted by Gasteiger charge is 2.47. The van der Waals surface area contributed by atoms with Crippen molar-refractivity contribution in [2.24, 2.45) is 23.7 Å². The normalized spacial score (nSPS) is 24.3. The number of aliphatic carboxylic acids is 1.